The standard InChI is InChI=1S/C7H13NOS/c9-7-2-1-4-8-6(7)3-5-10/h6,8,10H,1-5H2. The molecule has 0 aromatic rings. The number of hydrogen-bond acceptors (Lipinski definition) is 3. The summed E-state index contributed by atoms with van der Waals surface area (Å²) in [5, 5.41) is 3.17. The highest BCUT2D eigenvalue weighted by Gasteiger charge is 2.19. The Morgan fingerprint density at radius 2 is 2.50 bits per heavy atom. The second kappa shape index (κ2) is 3.98. The van der Waals surface area contributed by atoms with Crippen LogP contribution in [0, 0.1) is 0 Å². The van der Waals surface area contributed by atoms with Crippen LogP contribution >= 0.6 is 12.6 Å². The first-order valence-electron chi connectivity index (χ1n) is 3.71. The number of thiol groups is 1. The molecular formula is C7H13NOS. The first kappa shape index (κ1) is 8.08. The molecule has 1 rings (SSSR count). The normalized spacial score (nSPS) is 26.9. The predicted molar refractivity (Wildman–Crippen MR) is 44.5 cm³/mol. The van der Waals surface area contributed by atoms with Crippen LogP contribution in [-0.2, 0) is 4.79 Å². The molecule has 0 aromatic carbocycles. The van der Waals surface area contributed by atoms with Gasteiger partial charge in [0.1, 0.15) is 5.78 Å². The van der Waals surface area contributed by atoms with Crippen molar-refractivity contribution in [3.63, 3.8) is 0 Å². The average molecular weight is 159 g/mol. The molecule has 1 fully saturated rings. The maximum atomic E-state index is 11.1. The Balaban J connectivity index is 2.32. The highest BCUT2D eigenvalue weighted by molar-refractivity contribution is 7.80. The molecule has 1 atom stereocenters. The molecule has 1 saturated heterocycles. The Morgan fingerprint density at radius 1 is 1.70 bits per heavy atom. The highest BCUT2D eigenvalue weighted by Crippen LogP contribution is 2.06. The topological polar surface area (TPSA) is 29.1 Å². The van der Waals surface area contributed by atoms with Gasteiger partial charge in [0, 0.05) is 6.42 Å². The minimum Gasteiger partial charge on any atom is -0.307 e. The highest BCUT2D eigenvalue weighted by atomic mass is 32.1. The molecule has 0 saturated carbocycles. The van der Waals surface area contributed by atoms with E-state index < -0.39 is 0 Å². The SMILES string of the molecule is O=C1CCCNC1CCS. The lowest BCUT2D eigenvalue weighted by Gasteiger charge is -2.21. The summed E-state index contributed by atoms with van der Waals surface area (Å²) >= 11 is 4.08. The van der Waals surface area contributed by atoms with Crippen molar-refractivity contribution in [1.82, 2.24) is 5.32 Å². The van der Waals surface area contributed by atoms with Gasteiger partial charge in [-0.1, -0.05) is 0 Å². The largest absolute Gasteiger partial charge is 0.307 e. The third-order valence-electron chi connectivity index (χ3n) is 1.80. The van der Waals surface area contributed by atoms with E-state index >= 15 is 0 Å². The van der Waals surface area contributed by atoms with E-state index in [-0.39, 0.29) is 6.04 Å². The van der Waals surface area contributed by atoms with Gasteiger partial charge in [-0.3, -0.25) is 4.79 Å². The number of rotatable bonds is 2. The maximum Gasteiger partial charge on any atom is 0.149 e. The number of piperidine rings is 1. The van der Waals surface area contributed by atoms with Crippen LogP contribution in [0.1, 0.15) is 19.3 Å². The maximum absolute atomic E-state index is 11.1. The fourth-order valence-corrected chi connectivity index (χ4v) is 1.48. The predicted octanol–water partition coefficient (Wildman–Crippen LogP) is 0.627. The molecule has 0 aliphatic carbocycles. The molecule has 10 heavy (non-hydrogen) atoms. The zero-order valence-electron chi connectivity index (χ0n) is 5.97. The number of Topliss-reactive ketones (excluding diaryl/α,β-unsaturated/α-hetero) is 1. The number of nitrogens with one attached hydrogen (secondary N) is 1. The fraction of sp³-hybridized carbons (Fsp3) is 0.857. The van der Waals surface area contributed by atoms with Gasteiger partial charge in [0.05, 0.1) is 6.04 Å². The minimum absolute atomic E-state index is 0.103. The van der Waals surface area contributed by atoms with Crippen molar-refractivity contribution in [1.29, 1.82) is 0 Å². The summed E-state index contributed by atoms with van der Waals surface area (Å²) < 4.78 is 0. The van der Waals surface area contributed by atoms with Gasteiger partial charge in [-0.05, 0) is 25.1 Å². The second-order valence-electron chi connectivity index (χ2n) is 2.59. The molecule has 3 heteroatoms. The molecular weight excluding hydrogens is 146 g/mol. The van der Waals surface area contributed by atoms with E-state index in [1.54, 1.807) is 0 Å². The van der Waals surface area contributed by atoms with Crippen molar-refractivity contribution in [3.05, 3.63) is 0 Å². The lowest BCUT2D eigenvalue weighted by atomic mass is 10.0. The van der Waals surface area contributed by atoms with E-state index in [0.29, 0.717) is 5.78 Å². The van der Waals surface area contributed by atoms with Crippen LogP contribution in [0.2, 0.25) is 0 Å². The lowest BCUT2D eigenvalue weighted by Crippen LogP contribution is -2.41. The Bertz CT molecular complexity index is 125. The number of carbonyl (C=O) groups is 1. The lowest BCUT2D eigenvalue weighted by molar-refractivity contribution is -0.122. The molecule has 0 radical (unpaired) electrons. The van der Waals surface area contributed by atoms with Gasteiger partial charge >= 0.3 is 0 Å². The zero-order valence-corrected chi connectivity index (χ0v) is 6.86. The smallest absolute Gasteiger partial charge is 0.149 e. The van der Waals surface area contributed by atoms with E-state index in [0.717, 1.165) is 31.6 Å². The summed E-state index contributed by atoms with van der Waals surface area (Å²) in [7, 11) is 0. The molecule has 1 unspecified atom stereocenters. The molecule has 1 N–H and O–H groups in total. The quantitative estimate of drug-likeness (QED) is 0.579. The zero-order chi connectivity index (χ0) is 7.40. The molecule has 58 valence electrons. The van der Waals surface area contributed by atoms with Crippen LogP contribution < -0.4 is 5.32 Å². The molecule has 1 aliphatic heterocycles. The molecule has 2 nitrogen and oxygen atoms in total. The van der Waals surface area contributed by atoms with Crippen LogP contribution in [0.4, 0.5) is 0 Å². The van der Waals surface area contributed by atoms with Crippen molar-refractivity contribution in [3.8, 4) is 0 Å². The van der Waals surface area contributed by atoms with Crippen LogP contribution in [0.5, 0.6) is 0 Å². The monoisotopic (exact) mass is 159 g/mol. The van der Waals surface area contributed by atoms with E-state index in [2.05, 4.69) is 17.9 Å². The average Bonchev–Trinajstić information content (AvgIpc) is 1.94. The van der Waals surface area contributed by atoms with Gasteiger partial charge in [-0.15, -0.1) is 0 Å². The molecule has 0 aromatic heterocycles. The van der Waals surface area contributed by atoms with Crippen LogP contribution in [0.3, 0.4) is 0 Å². The first-order valence-corrected chi connectivity index (χ1v) is 4.35. The van der Waals surface area contributed by atoms with Crippen molar-refractivity contribution in [2.75, 3.05) is 12.3 Å². The summed E-state index contributed by atoms with van der Waals surface area (Å²) in [6.07, 6.45) is 2.63. The summed E-state index contributed by atoms with van der Waals surface area (Å²) in [5.41, 5.74) is 0. The molecule has 1 aliphatic rings. The van der Waals surface area contributed by atoms with Gasteiger partial charge in [0.15, 0.2) is 0 Å². The molecule has 0 spiro atoms. The number of ketones is 1. The Labute approximate surface area is 66.8 Å². The van der Waals surface area contributed by atoms with Crippen molar-refractivity contribution in [2.45, 2.75) is 25.3 Å². The summed E-state index contributed by atoms with van der Waals surface area (Å²) in [6.45, 7) is 0.990. The molecule has 1 heterocycles. The van der Waals surface area contributed by atoms with E-state index in [4.69, 9.17) is 0 Å². The van der Waals surface area contributed by atoms with Crippen LogP contribution in [0.25, 0.3) is 0 Å². The van der Waals surface area contributed by atoms with E-state index in [1.165, 1.54) is 0 Å². The van der Waals surface area contributed by atoms with Gasteiger partial charge in [0.2, 0.25) is 0 Å². The Hall–Kier alpha value is -0.0200. The first-order chi connectivity index (χ1) is 4.84. The van der Waals surface area contributed by atoms with Gasteiger partial charge in [-0.2, -0.15) is 12.6 Å². The fourth-order valence-electron chi connectivity index (χ4n) is 1.22. The number of carbonyl (C=O) groups excluding carboxylic acids is 1. The van der Waals surface area contributed by atoms with E-state index in [1.807, 2.05) is 0 Å². The minimum atomic E-state index is 0.103. The summed E-state index contributed by atoms with van der Waals surface area (Å²) in [4.78, 5) is 11.1. The Morgan fingerprint density at radius 3 is 3.10 bits per heavy atom. The van der Waals surface area contributed by atoms with Crippen LogP contribution in [-0.4, -0.2) is 24.1 Å². The summed E-state index contributed by atoms with van der Waals surface area (Å²) in [6, 6.07) is 0.103. The van der Waals surface area contributed by atoms with Gasteiger partial charge in [-0.25, -0.2) is 0 Å². The third kappa shape index (κ3) is 1.99. The second-order valence-corrected chi connectivity index (χ2v) is 3.04. The van der Waals surface area contributed by atoms with Crippen molar-refractivity contribution in [2.24, 2.45) is 0 Å². The van der Waals surface area contributed by atoms with Crippen molar-refractivity contribution < 1.29 is 4.79 Å². The Kier molecular flexibility index (Phi) is 3.22. The van der Waals surface area contributed by atoms with Crippen molar-refractivity contribution >= 4 is 18.4 Å². The molecule has 0 bridgehead atoms. The third-order valence-corrected chi connectivity index (χ3v) is 2.06. The van der Waals surface area contributed by atoms with Gasteiger partial charge in [0.25, 0.3) is 0 Å². The molecule has 0 amide bonds. The van der Waals surface area contributed by atoms with Crippen LogP contribution in [0.15, 0.2) is 0 Å². The van der Waals surface area contributed by atoms with E-state index in [9.17, 15) is 4.79 Å². The van der Waals surface area contributed by atoms with Gasteiger partial charge < -0.3 is 5.32 Å². The summed E-state index contributed by atoms with van der Waals surface area (Å²) in [5.74, 6) is 1.16. The number of hydrogen-bond donors (Lipinski definition) is 2.